The zero-order chi connectivity index (χ0) is 19.4. The normalized spacial score (nSPS) is 23.3. The Morgan fingerprint density at radius 3 is 2.52 bits per heavy atom. The van der Waals surface area contributed by atoms with Crippen molar-refractivity contribution < 1.29 is 38.7 Å². The second kappa shape index (κ2) is 8.28. The quantitative estimate of drug-likeness (QED) is 0.733. The Labute approximate surface area is 155 Å². The number of ether oxygens (including phenoxy) is 4. The lowest BCUT2D eigenvalue weighted by atomic mass is 9.97. The minimum Gasteiger partial charge on any atom is -0.489 e. The molecule has 3 aliphatic heterocycles. The molecule has 9 nitrogen and oxygen atoms in total. The van der Waals surface area contributed by atoms with Gasteiger partial charge in [0.05, 0.1) is 13.2 Å². The van der Waals surface area contributed by atoms with Crippen LogP contribution in [0.15, 0.2) is 24.3 Å². The van der Waals surface area contributed by atoms with Gasteiger partial charge in [0.2, 0.25) is 12.5 Å². The highest BCUT2D eigenvalue weighted by atomic mass is 16.7. The summed E-state index contributed by atoms with van der Waals surface area (Å²) in [4.78, 5) is 21.5. The summed E-state index contributed by atoms with van der Waals surface area (Å²) < 4.78 is 22.9. The molecule has 0 aromatic heterocycles. The van der Waals surface area contributed by atoms with Crippen LogP contribution in [0.4, 0.5) is 0 Å². The molecule has 0 spiro atoms. The Morgan fingerprint density at radius 2 is 1.81 bits per heavy atom. The van der Waals surface area contributed by atoms with Gasteiger partial charge >= 0.3 is 11.9 Å². The van der Waals surface area contributed by atoms with Crippen molar-refractivity contribution >= 4 is 11.9 Å². The predicted molar refractivity (Wildman–Crippen MR) is 92.2 cm³/mol. The van der Waals surface area contributed by atoms with Crippen LogP contribution in [0.2, 0.25) is 0 Å². The summed E-state index contributed by atoms with van der Waals surface area (Å²) in [6.45, 7) is 2.68. The van der Waals surface area contributed by atoms with Gasteiger partial charge < -0.3 is 29.2 Å². The van der Waals surface area contributed by atoms with Gasteiger partial charge in [-0.2, -0.15) is 0 Å². The number of morpholine rings is 1. The highest BCUT2D eigenvalue weighted by molar-refractivity contribution is 5.89. The largest absolute Gasteiger partial charge is 0.489 e. The van der Waals surface area contributed by atoms with E-state index >= 15 is 0 Å². The highest BCUT2D eigenvalue weighted by Gasteiger charge is 2.37. The molecule has 0 aliphatic carbocycles. The minimum atomic E-state index is -1.26. The Morgan fingerprint density at radius 1 is 1.07 bits per heavy atom. The first kappa shape index (κ1) is 19.0. The smallest absolute Gasteiger partial charge is 0.328 e. The molecule has 0 amide bonds. The van der Waals surface area contributed by atoms with E-state index in [2.05, 4.69) is 11.9 Å². The van der Waals surface area contributed by atoms with Gasteiger partial charge in [-0.1, -0.05) is 0 Å². The average Bonchev–Trinajstić information content (AvgIpc) is 3.03. The molecule has 0 saturated carbocycles. The van der Waals surface area contributed by atoms with Crippen LogP contribution in [0.3, 0.4) is 0 Å². The third-order valence-corrected chi connectivity index (χ3v) is 4.52. The van der Waals surface area contributed by atoms with Gasteiger partial charge in [0, 0.05) is 30.3 Å². The maximum absolute atomic E-state index is 9.55. The molecule has 1 aromatic rings. The van der Waals surface area contributed by atoms with E-state index in [1.165, 1.54) is 0 Å². The van der Waals surface area contributed by atoms with E-state index < -0.39 is 11.9 Å². The van der Waals surface area contributed by atoms with Gasteiger partial charge in [-0.05, 0) is 25.6 Å². The summed E-state index contributed by atoms with van der Waals surface area (Å²) in [5.41, 5.74) is 1.08. The van der Waals surface area contributed by atoms with Crippen LogP contribution >= 0.6 is 0 Å². The molecule has 1 saturated heterocycles. The first-order valence-electron chi connectivity index (χ1n) is 8.48. The molecule has 3 aliphatic rings. The number of hydrogen-bond acceptors (Lipinski definition) is 7. The number of aliphatic carboxylic acids is 2. The molecule has 27 heavy (non-hydrogen) atoms. The molecule has 146 valence electrons. The molecule has 0 unspecified atom stereocenters. The van der Waals surface area contributed by atoms with E-state index in [4.69, 9.17) is 29.2 Å². The first-order valence-corrected chi connectivity index (χ1v) is 8.48. The minimum absolute atomic E-state index is 0.0609. The summed E-state index contributed by atoms with van der Waals surface area (Å²) in [5.74, 6) is -0.214. The van der Waals surface area contributed by atoms with E-state index in [1.807, 2.05) is 12.1 Å². The Balaban J connectivity index is 0.000000226. The first-order chi connectivity index (χ1) is 13.0. The number of likely N-dealkylation sites (N-methyl/N-ethyl adjacent to an activating group) is 1. The lowest BCUT2D eigenvalue weighted by Gasteiger charge is -2.38. The van der Waals surface area contributed by atoms with E-state index in [1.54, 1.807) is 0 Å². The Bertz CT molecular complexity index is 731. The van der Waals surface area contributed by atoms with Crippen LogP contribution in [-0.2, 0) is 14.3 Å². The van der Waals surface area contributed by atoms with Gasteiger partial charge in [-0.15, -0.1) is 0 Å². The molecule has 0 radical (unpaired) electrons. The molecular formula is C18H21NO8. The maximum atomic E-state index is 9.55. The van der Waals surface area contributed by atoms with Crippen molar-refractivity contribution in [1.29, 1.82) is 0 Å². The van der Waals surface area contributed by atoms with Crippen molar-refractivity contribution in [2.75, 3.05) is 33.6 Å². The Hall–Kier alpha value is -2.78. The van der Waals surface area contributed by atoms with E-state index in [9.17, 15) is 9.59 Å². The highest BCUT2D eigenvalue weighted by Crippen LogP contribution is 2.48. The number of carboxylic acids is 2. The number of carbonyl (C=O) groups is 2. The van der Waals surface area contributed by atoms with Crippen LogP contribution in [0.1, 0.15) is 18.1 Å². The van der Waals surface area contributed by atoms with Crippen LogP contribution < -0.4 is 14.2 Å². The number of rotatable bonds is 2. The molecule has 0 bridgehead atoms. The van der Waals surface area contributed by atoms with Crippen molar-refractivity contribution in [3.05, 3.63) is 29.8 Å². The molecule has 1 fully saturated rings. The van der Waals surface area contributed by atoms with E-state index in [0.29, 0.717) is 24.8 Å². The molecule has 1 aromatic carbocycles. The average molecular weight is 379 g/mol. The fourth-order valence-corrected chi connectivity index (χ4v) is 3.26. The Kier molecular flexibility index (Phi) is 5.82. The van der Waals surface area contributed by atoms with Gasteiger partial charge in [0.25, 0.3) is 0 Å². The molecule has 9 heteroatoms. The summed E-state index contributed by atoms with van der Waals surface area (Å²) in [6, 6.07) is 4.37. The fraction of sp³-hybridized carbons (Fsp3) is 0.444. The zero-order valence-electron chi connectivity index (χ0n) is 14.8. The molecule has 2 atom stereocenters. The zero-order valence-corrected chi connectivity index (χ0v) is 14.8. The second-order valence-corrected chi connectivity index (χ2v) is 6.20. The summed E-state index contributed by atoms with van der Waals surface area (Å²) in [7, 11) is 2.15. The molecule has 4 rings (SSSR count). The lowest BCUT2D eigenvalue weighted by molar-refractivity contribution is -0.134. The van der Waals surface area contributed by atoms with Crippen LogP contribution in [0.25, 0.3) is 0 Å². The van der Waals surface area contributed by atoms with Crippen molar-refractivity contribution in [1.82, 2.24) is 4.90 Å². The van der Waals surface area contributed by atoms with E-state index in [0.717, 1.165) is 42.4 Å². The van der Waals surface area contributed by atoms with Crippen molar-refractivity contribution in [2.45, 2.75) is 18.6 Å². The monoisotopic (exact) mass is 379 g/mol. The predicted octanol–water partition coefficient (Wildman–Crippen LogP) is 1.28. The number of nitrogens with zero attached hydrogens (tertiary/aromatic N) is 1. The third kappa shape index (κ3) is 4.32. The van der Waals surface area contributed by atoms with E-state index in [-0.39, 0.29) is 12.9 Å². The summed E-state index contributed by atoms with van der Waals surface area (Å²) in [6.07, 6.45) is 2.14. The van der Waals surface area contributed by atoms with Gasteiger partial charge in [-0.25, -0.2) is 9.59 Å². The number of fused-ring (bicyclic) bond motifs is 5. The summed E-state index contributed by atoms with van der Waals surface area (Å²) >= 11 is 0. The molecular weight excluding hydrogens is 358 g/mol. The van der Waals surface area contributed by atoms with Gasteiger partial charge in [0.1, 0.15) is 6.10 Å². The summed E-state index contributed by atoms with van der Waals surface area (Å²) in [5, 5.41) is 15.6. The van der Waals surface area contributed by atoms with Crippen molar-refractivity contribution in [3.8, 4) is 17.2 Å². The van der Waals surface area contributed by atoms with Crippen LogP contribution in [0.5, 0.6) is 17.2 Å². The number of hydrogen-bond donors (Lipinski definition) is 2. The van der Waals surface area contributed by atoms with Gasteiger partial charge in [0.15, 0.2) is 11.5 Å². The molecule has 2 N–H and O–H groups in total. The molecule has 3 heterocycles. The fourth-order valence-electron chi connectivity index (χ4n) is 3.26. The van der Waals surface area contributed by atoms with Crippen LogP contribution in [-0.4, -0.2) is 66.7 Å². The van der Waals surface area contributed by atoms with Crippen molar-refractivity contribution in [2.24, 2.45) is 0 Å². The van der Waals surface area contributed by atoms with Gasteiger partial charge in [-0.3, -0.25) is 4.90 Å². The standard InChI is InChI=1S/C14H17NO4.C4H4O4/c1-15-5-7-17-12-9-2-3-11-14(19-8-18-11)13(9)16-6-4-10(12)15;5-3(6)1-2-4(7)8/h2-3,10,12H,4-8H2,1H3;1-2H,(H,5,6)(H,7,8)/b;2-1-/t10-,12-;/m1./s1. The maximum Gasteiger partial charge on any atom is 0.328 e. The number of carboxylic acid groups (broad SMARTS) is 2. The van der Waals surface area contributed by atoms with Crippen LogP contribution in [0, 0.1) is 0 Å². The SMILES string of the molecule is CN1CCO[C@@H]2c3ccc4c(c3OCC[C@H]21)OCO4.O=C(O)/C=C\C(=O)O. The second-order valence-electron chi connectivity index (χ2n) is 6.20. The number of benzene rings is 1. The topological polar surface area (TPSA) is 115 Å². The lowest BCUT2D eigenvalue weighted by Crippen LogP contribution is -2.44. The third-order valence-electron chi connectivity index (χ3n) is 4.52. The van der Waals surface area contributed by atoms with Crippen molar-refractivity contribution in [3.63, 3.8) is 0 Å².